The molecule has 0 saturated carbocycles. The molecule has 0 aromatic heterocycles. The number of carbonyl (C=O) groups is 2. The molecule has 0 radical (unpaired) electrons. The second-order valence-electron chi connectivity index (χ2n) is 4.92. The summed E-state index contributed by atoms with van der Waals surface area (Å²) in [5.74, 6) is -0.0919. The summed E-state index contributed by atoms with van der Waals surface area (Å²) in [5, 5.41) is 3.09. The van der Waals surface area contributed by atoms with Crippen molar-refractivity contribution in [3.8, 4) is 0 Å². The minimum Gasteiger partial charge on any atom is -0.468 e. The molecule has 5 heteroatoms. The highest BCUT2D eigenvalue weighted by atomic mass is 16.5. The van der Waals surface area contributed by atoms with E-state index in [0.717, 1.165) is 24.2 Å². The van der Waals surface area contributed by atoms with Gasteiger partial charge in [-0.3, -0.25) is 9.59 Å². The molecule has 1 N–H and O–H groups in total. The number of methoxy groups -OCH3 is 1. The van der Waals surface area contributed by atoms with Crippen LogP contribution < -0.4 is 10.2 Å². The normalized spacial score (nSPS) is 16.3. The summed E-state index contributed by atoms with van der Waals surface area (Å²) in [5.41, 5.74) is 2.01. The van der Waals surface area contributed by atoms with E-state index in [0.29, 0.717) is 6.42 Å². The monoisotopic (exact) mass is 276 g/mol. The van der Waals surface area contributed by atoms with E-state index in [1.54, 1.807) is 0 Å². The molecular weight excluding hydrogens is 256 g/mol. The van der Waals surface area contributed by atoms with Crippen LogP contribution in [0.2, 0.25) is 0 Å². The predicted octanol–water partition coefficient (Wildman–Crippen LogP) is 1.64. The lowest BCUT2D eigenvalue weighted by Gasteiger charge is -2.18. The molecule has 1 aromatic carbocycles. The van der Waals surface area contributed by atoms with Gasteiger partial charge in [-0.2, -0.15) is 0 Å². The molecule has 1 amide bonds. The van der Waals surface area contributed by atoms with E-state index in [1.807, 2.05) is 36.1 Å². The molecule has 108 valence electrons. The fourth-order valence-electron chi connectivity index (χ4n) is 2.29. The molecule has 1 fully saturated rings. The van der Waals surface area contributed by atoms with Gasteiger partial charge < -0.3 is 15.0 Å². The van der Waals surface area contributed by atoms with Gasteiger partial charge in [0.25, 0.3) is 0 Å². The van der Waals surface area contributed by atoms with Crippen LogP contribution in [0.5, 0.6) is 0 Å². The second kappa shape index (κ2) is 6.52. The third-order valence-corrected chi connectivity index (χ3v) is 3.56. The number of carbonyl (C=O) groups excluding carboxylic acids is 2. The van der Waals surface area contributed by atoms with Gasteiger partial charge in [-0.15, -0.1) is 0 Å². The third-order valence-electron chi connectivity index (χ3n) is 3.56. The third kappa shape index (κ3) is 3.36. The van der Waals surface area contributed by atoms with Crippen molar-refractivity contribution >= 4 is 17.6 Å². The highest BCUT2D eigenvalue weighted by Gasteiger charge is 2.21. The van der Waals surface area contributed by atoms with Crippen molar-refractivity contribution in [3.63, 3.8) is 0 Å². The van der Waals surface area contributed by atoms with Gasteiger partial charge in [0.2, 0.25) is 5.91 Å². The zero-order valence-electron chi connectivity index (χ0n) is 11.9. The molecule has 0 spiro atoms. The van der Waals surface area contributed by atoms with Gasteiger partial charge in [0.05, 0.1) is 13.7 Å². The quantitative estimate of drug-likeness (QED) is 0.831. The summed E-state index contributed by atoms with van der Waals surface area (Å²) in [7, 11) is 1.37. The number of rotatable bonds is 5. The SMILES string of the molecule is COC(=O)CN[C@H](C)c1ccc(N2CCCC2=O)cc1. The number of amides is 1. The van der Waals surface area contributed by atoms with E-state index in [9.17, 15) is 9.59 Å². The first-order valence-corrected chi connectivity index (χ1v) is 6.82. The summed E-state index contributed by atoms with van der Waals surface area (Å²) in [4.78, 5) is 24.6. The lowest BCUT2D eigenvalue weighted by Crippen LogP contribution is -2.27. The van der Waals surface area contributed by atoms with Gasteiger partial charge in [0, 0.05) is 24.7 Å². The Kier molecular flexibility index (Phi) is 4.74. The average molecular weight is 276 g/mol. The molecule has 1 heterocycles. The van der Waals surface area contributed by atoms with Crippen LogP contribution in [0.15, 0.2) is 24.3 Å². The minimum absolute atomic E-state index is 0.0532. The molecule has 1 aliphatic rings. The molecule has 5 nitrogen and oxygen atoms in total. The molecule has 0 unspecified atom stereocenters. The number of nitrogens with one attached hydrogen (secondary N) is 1. The summed E-state index contributed by atoms with van der Waals surface area (Å²) in [6.45, 7) is 2.97. The van der Waals surface area contributed by atoms with Crippen molar-refractivity contribution in [1.29, 1.82) is 0 Å². The van der Waals surface area contributed by atoms with Crippen molar-refractivity contribution in [2.75, 3.05) is 25.1 Å². The largest absolute Gasteiger partial charge is 0.468 e. The van der Waals surface area contributed by atoms with E-state index in [-0.39, 0.29) is 24.5 Å². The summed E-state index contributed by atoms with van der Waals surface area (Å²) >= 11 is 0. The average Bonchev–Trinajstić information content (AvgIpc) is 2.90. The van der Waals surface area contributed by atoms with Crippen LogP contribution in [0.4, 0.5) is 5.69 Å². The van der Waals surface area contributed by atoms with E-state index >= 15 is 0 Å². The summed E-state index contributed by atoms with van der Waals surface area (Å²) in [6.07, 6.45) is 1.57. The van der Waals surface area contributed by atoms with Crippen molar-refractivity contribution in [1.82, 2.24) is 5.32 Å². The van der Waals surface area contributed by atoms with Crippen molar-refractivity contribution in [2.24, 2.45) is 0 Å². The van der Waals surface area contributed by atoms with Gasteiger partial charge in [0.15, 0.2) is 0 Å². The van der Waals surface area contributed by atoms with Gasteiger partial charge in [-0.1, -0.05) is 12.1 Å². The molecule has 0 aliphatic carbocycles. The molecule has 1 aromatic rings. The first-order chi connectivity index (χ1) is 9.61. The standard InChI is InChI=1S/C15H20N2O3/c1-11(16-10-15(19)20-2)12-5-7-13(8-6-12)17-9-3-4-14(17)18/h5-8,11,16H,3-4,9-10H2,1-2H3/t11-/m1/s1. The number of anilines is 1. The molecular formula is C15H20N2O3. The van der Waals surface area contributed by atoms with Crippen LogP contribution in [-0.4, -0.2) is 32.1 Å². The Hall–Kier alpha value is -1.88. The molecule has 1 saturated heterocycles. The van der Waals surface area contributed by atoms with Crippen LogP contribution in [0.25, 0.3) is 0 Å². The molecule has 0 bridgehead atoms. The van der Waals surface area contributed by atoms with E-state index in [2.05, 4.69) is 10.1 Å². The van der Waals surface area contributed by atoms with Gasteiger partial charge >= 0.3 is 5.97 Å². The Morgan fingerprint density at radius 2 is 2.10 bits per heavy atom. The Labute approximate surface area is 118 Å². The first kappa shape index (κ1) is 14.5. The Morgan fingerprint density at radius 1 is 1.40 bits per heavy atom. The van der Waals surface area contributed by atoms with Gasteiger partial charge in [-0.25, -0.2) is 0 Å². The van der Waals surface area contributed by atoms with Gasteiger partial charge in [0.1, 0.15) is 0 Å². The maximum absolute atomic E-state index is 11.7. The number of ether oxygens (including phenoxy) is 1. The highest BCUT2D eigenvalue weighted by molar-refractivity contribution is 5.95. The lowest BCUT2D eigenvalue weighted by atomic mass is 10.1. The number of benzene rings is 1. The molecule has 2 rings (SSSR count). The number of nitrogens with zero attached hydrogens (tertiary/aromatic N) is 1. The maximum Gasteiger partial charge on any atom is 0.319 e. The maximum atomic E-state index is 11.7. The van der Waals surface area contributed by atoms with Crippen molar-refractivity contribution in [2.45, 2.75) is 25.8 Å². The summed E-state index contributed by atoms with van der Waals surface area (Å²) < 4.78 is 4.59. The smallest absolute Gasteiger partial charge is 0.319 e. The van der Waals surface area contributed by atoms with Crippen molar-refractivity contribution in [3.05, 3.63) is 29.8 Å². The molecule has 20 heavy (non-hydrogen) atoms. The van der Waals surface area contributed by atoms with Crippen LogP contribution >= 0.6 is 0 Å². The van der Waals surface area contributed by atoms with Crippen LogP contribution in [-0.2, 0) is 14.3 Å². The highest BCUT2D eigenvalue weighted by Crippen LogP contribution is 2.23. The molecule has 1 atom stereocenters. The number of hydrogen-bond acceptors (Lipinski definition) is 4. The van der Waals surface area contributed by atoms with E-state index in [4.69, 9.17) is 0 Å². The predicted molar refractivity (Wildman–Crippen MR) is 76.5 cm³/mol. The fourth-order valence-corrected chi connectivity index (χ4v) is 2.29. The van der Waals surface area contributed by atoms with Crippen LogP contribution in [0, 0.1) is 0 Å². The van der Waals surface area contributed by atoms with Crippen LogP contribution in [0.3, 0.4) is 0 Å². The van der Waals surface area contributed by atoms with Crippen molar-refractivity contribution < 1.29 is 14.3 Å². The number of esters is 1. The lowest BCUT2D eigenvalue weighted by molar-refractivity contribution is -0.139. The summed E-state index contributed by atoms with van der Waals surface area (Å²) in [6, 6.07) is 7.92. The topological polar surface area (TPSA) is 58.6 Å². The minimum atomic E-state index is -0.281. The fraction of sp³-hybridized carbons (Fsp3) is 0.467. The zero-order chi connectivity index (χ0) is 14.5. The first-order valence-electron chi connectivity index (χ1n) is 6.82. The molecule has 1 aliphatic heterocycles. The number of hydrogen-bond donors (Lipinski definition) is 1. The van der Waals surface area contributed by atoms with Gasteiger partial charge in [-0.05, 0) is 31.0 Å². The second-order valence-corrected chi connectivity index (χ2v) is 4.92. The Balaban J connectivity index is 1.97. The Bertz CT molecular complexity index is 484. The van der Waals surface area contributed by atoms with Crippen LogP contribution in [0.1, 0.15) is 31.4 Å². The Morgan fingerprint density at radius 3 is 2.65 bits per heavy atom. The van der Waals surface area contributed by atoms with E-state index < -0.39 is 0 Å². The zero-order valence-corrected chi connectivity index (χ0v) is 11.9. The van der Waals surface area contributed by atoms with E-state index in [1.165, 1.54) is 7.11 Å².